The summed E-state index contributed by atoms with van der Waals surface area (Å²) < 4.78 is 5.75. The molecule has 0 fully saturated rings. The highest BCUT2D eigenvalue weighted by molar-refractivity contribution is 6.30. The minimum Gasteiger partial charge on any atom is -0.457 e. The highest BCUT2D eigenvalue weighted by Gasteiger charge is 2.07. The van der Waals surface area contributed by atoms with Crippen molar-refractivity contribution in [3.63, 3.8) is 0 Å². The number of aromatic nitrogens is 2. The third-order valence-corrected chi connectivity index (χ3v) is 3.55. The Morgan fingerprint density at radius 1 is 0.957 bits per heavy atom. The molecule has 0 unspecified atom stereocenters. The van der Waals surface area contributed by atoms with E-state index in [1.807, 2.05) is 54.6 Å². The average Bonchev–Trinajstić information content (AvgIpc) is 2.57. The van der Waals surface area contributed by atoms with E-state index in [-0.39, 0.29) is 0 Å². The molecule has 3 N–H and O–H groups in total. The minimum absolute atomic E-state index is 0.356. The normalized spacial score (nSPS) is 10.3. The van der Waals surface area contributed by atoms with Gasteiger partial charge in [-0.1, -0.05) is 29.8 Å². The van der Waals surface area contributed by atoms with Gasteiger partial charge in [0, 0.05) is 12.2 Å². The molecule has 116 valence electrons. The smallest absolute Gasteiger partial charge is 0.139 e. The van der Waals surface area contributed by atoms with Crippen molar-refractivity contribution in [2.24, 2.45) is 0 Å². The van der Waals surface area contributed by atoms with E-state index in [0.717, 1.165) is 17.2 Å². The molecule has 2 aromatic carbocycles. The van der Waals surface area contributed by atoms with E-state index >= 15 is 0 Å². The number of nitrogens with two attached hydrogens (primary N) is 1. The van der Waals surface area contributed by atoms with Gasteiger partial charge in [-0.25, -0.2) is 9.97 Å². The molecular weight excluding hydrogens is 312 g/mol. The largest absolute Gasteiger partial charge is 0.457 e. The zero-order chi connectivity index (χ0) is 16.1. The minimum atomic E-state index is 0.356. The van der Waals surface area contributed by atoms with Crippen molar-refractivity contribution in [1.82, 2.24) is 9.97 Å². The monoisotopic (exact) mass is 326 g/mol. The quantitative estimate of drug-likeness (QED) is 0.690. The molecule has 6 heteroatoms. The molecule has 3 rings (SSSR count). The molecular formula is C17H15ClN4O. The Balaban J connectivity index is 1.64. The lowest BCUT2D eigenvalue weighted by atomic mass is 10.2. The summed E-state index contributed by atoms with van der Waals surface area (Å²) in [5.41, 5.74) is 7.40. The van der Waals surface area contributed by atoms with E-state index in [1.165, 1.54) is 6.33 Å². The number of ether oxygens (including phenoxy) is 1. The Morgan fingerprint density at radius 3 is 2.35 bits per heavy atom. The van der Waals surface area contributed by atoms with Crippen molar-refractivity contribution < 1.29 is 4.74 Å². The first-order valence-corrected chi connectivity index (χ1v) is 7.42. The van der Waals surface area contributed by atoms with Gasteiger partial charge >= 0.3 is 0 Å². The molecule has 0 aliphatic carbocycles. The maximum Gasteiger partial charge on any atom is 0.139 e. The lowest BCUT2D eigenvalue weighted by molar-refractivity contribution is 0.483. The van der Waals surface area contributed by atoms with Crippen molar-refractivity contribution >= 4 is 23.1 Å². The van der Waals surface area contributed by atoms with Crippen LogP contribution in [0.4, 0.5) is 11.5 Å². The Kier molecular flexibility index (Phi) is 4.59. The maximum absolute atomic E-state index is 6.02. The number of nitrogens with one attached hydrogen (secondary N) is 1. The molecule has 5 nitrogen and oxygen atoms in total. The number of nitrogens with zero attached hydrogens (tertiary/aromatic N) is 2. The van der Waals surface area contributed by atoms with Gasteiger partial charge in [-0.05, 0) is 36.4 Å². The van der Waals surface area contributed by atoms with E-state index in [9.17, 15) is 0 Å². The van der Waals surface area contributed by atoms with E-state index in [0.29, 0.717) is 23.1 Å². The Morgan fingerprint density at radius 2 is 1.65 bits per heavy atom. The van der Waals surface area contributed by atoms with Crippen LogP contribution in [0.15, 0.2) is 60.9 Å². The molecule has 0 aliphatic heterocycles. The molecule has 0 atom stereocenters. The van der Waals surface area contributed by atoms with Crippen molar-refractivity contribution in [3.8, 4) is 11.5 Å². The van der Waals surface area contributed by atoms with Gasteiger partial charge in [0.25, 0.3) is 0 Å². The number of halogens is 1. The molecule has 1 aromatic heterocycles. The number of nitrogen functional groups attached to an aromatic ring is 1. The van der Waals surface area contributed by atoms with Crippen LogP contribution in [0.2, 0.25) is 5.15 Å². The van der Waals surface area contributed by atoms with Gasteiger partial charge in [-0.15, -0.1) is 0 Å². The van der Waals surface area contributed by atoms with Crippen LogP contribution in [-0.4, -0.2) is 9.97 Å². The molecule has 0 aliphatic rings. The van der Waals surface area contributed by atoms with Gasteiger partial charge in [-0.3, -0.25) is 0 Å². The predicted molar refractivity (Wildman–Crippen MR) is 91.7 cm³/mol. The number of hydrogen-bond acceptors (Lipinski definition) is 5. The second-order valence-electron chi connectivity index (χ2n) is 4.82. The van der Waals surface area contributed by atoms with Crippen LogP contribution in [0.25, 0.3) is 0 Å². The predicted octanol–water partition coefficient (Wildman–Crippen LogP) is 4.12. The first-order chi connectivity index (χ1) is 11.2. The summed E-state index contributed by atoms with van der Waals surface area (Å²) in [6, 6.07) is 17.3. The molecule has 0 saturated heterocycles. The molecule has 0 radical (unpaired) electrons. The number of benzene rings is 2. The summed E-state index contributed by atoms with van der Waals surface area (Å²) in [6.07, 6.45) is 1.34. The lowest BCUT2D eigenvalue weighted by Gasteiger charge is -2.10. The highest BCUT2D eigenvalue weighted by atomic mass is 35.5. The summed E-state index contributed by atoms with van der Waals surface area (Å²) >= 11 is 6.02. The third kappa shape index (κ3) is 3.90. The summed E-state index contributed by atoms with van der Waals surface area (Å²) in [4.78, 5) is 7.86. The average molecular weight is 327 g/mol. The maximum atomic E-state index is 6.02. The van der Waals surface area contributed by atoms with Gasteiger partial charge in [0.2, 0.25) is 0 Å². The fraction of sp³-hybridized carbons (Fsp3) is 0.0588. The summed E-state index contributed by atoms with van der Waals surface area (Å²) in [6.45, 7) is 0.449. The molecule has 0 bridgehead atoms. The summed E-state index contributed by atoms with van der Waals surface area (Å²) in [5, 5.41) is 3.59. The number of para-hydroxylation sites is 1. The lowest BCUT2D eigenvalue weighted by Crippen LogP contribution is -2.06. The Labute approximate surface area is 139 Å². The molecule has 0 spiro atoms. The Bertz CT molecular complexity index is 758. The molecule has 23 heavy (non-hydrogen) atoms. The van der Waals surface area contributed by atoms with E-state index in [2.05, 4.69) is 15.3 Å². The van der Waals surface area contributed by atoms with Gasteiger partial charge < -0.3 is 15.8 Å². The van der Waals surface area contributed by atoms with Gasteiger partial charge in [-0.2, -0.15) is 0 Å². The SMILES string of the molecule is Nc1ncnc(Cl)c1CNc1ccc(Oc2ccccc2)cc1. The molecule has 3 aromatic rings. The van der Waals surface area contributed by atoms with Gasteiger partial charge in [0.05, 0.1) is 5.56 Å². The zero-order valence-corrected chi connectivity index (χ0v) is 13.0. The second-order valence-corrected chi connectivity index (χ2v) is 5.18. The third-order valence-electron chi connectivity index (χ3n) is 3.23. The van der Waals surface area contributed by atoms with Crippen LogP contribution in [-0.2, 0) is 6.54 Å². The second kappa shape index (κ2) is 6.98. The van der Waals surface area contributed by atoms with Crippen LogP contribution in [0.3, 0.4) is 0 Å². The van der Waals surface area contributed by atoms with Crippen molar-refractivity contribution in [2.45, 2.75) is 6.54 Å². The summed E-state index contributed by atoms with van der Waals surface area (Å²) in [5.74, 6) is 1.94. The van der Waals surface area contributed by atoms with Crippen LogP contribution >= 0.6 is 11.6 Å². The first-order valence-electron chi connectivity index (χ1n) is 7.04. The Hall–Kier alpha value is -2.79. The standard InChI is InChI=1S/C17H15ClN4O/c18-16-15(17(19)22-11-21-16)10-20-12-6-8-14(9-7-12)23-13-4-2-1-3-5-13/h1-9,11,20H,10H2,(H2,19,21,22). The number of rotatable bonds is 5. The molecule has 0 saturated carbocycles. The zero-order valence-electron chi connectivity index (χ0n) is 12.2. The van der Waals surface area contributed by atoms with Crippen LogP contribution in [0.1, 0.15) is 5.56 Å². The van der Waals surface area contributed by atoms with Gasteiger partial charge in [0.15, 0.2) is 0 Å². The van der Waals surface area contributed by atoms with Crippen LogP contribution in [0.5, 0.6) is 11.5 Å². The highest BCUT2D eigenvalue weighted by Crippen LogP contribution is 2.24. The fourth-order valence-electron chi connectivity index (χ4n) is 2.02. The van der Waals surface area contributed by atoms with Crippen molar-refractivity contribution in [1.29, 1.82) is 0 Å². The van der Waals surface area contributed by atoms with E-state index < -0.39 is 0 Å². The van der Waals surface area contributed by atoms with Crippen LogP contribution in [0, 0.1) is 0 Å². The topological polar surface area (TPSA) is 73.1 Å². The van der Waals surface area contributed by atoms with Crippen LogP contribution < -0.4 is 15.8 Å². The van der Waals surface area contributed by atoms with E-state index in [4.69, 9.17) is 22.1 Å². The van der Waals surface area contributed by atoms with E-state index in [1.54, 1.807) is 0 Å². The first kappa shape index (κ1) is 15.1. The molecule has 0 amide bonds. The summed E-state index contributed by atoms with van der Waals surface area (Å²) in [7, 11) is 0. The number of anilines is 2. The molecule has 1 heterocycles. The van der Waals surface area contributed by atoms with Gasteiger partial charge in [0.1, 0.15) is 28.8 Å². The van der Waals surface area contributed by atoms with Crippen molar-refractivity contribution in [3.05, 3.63) is 71.6 Å². The fourth-order valence-corrected chi connectivity index (χ4v) is 2.23. The van der Waals surface area contributed by atoms with Crippen molar-refractivity contribution in [2.75, 3.05) is 11.1 Å². The number of hydrogen-bond donors (Lipinski definition) is 2.